The maximum Gasteiger partial charge on any atom is 0.328 e. The number of rotatable bonds is 2. The van der Waals surface area contributed by atoms with E-state index in [0.29, 0.717) is 28.5 Å². The van der Waals surface area contributed by atoms with E-state index < -0.39 is 11.8 Å². The first-order valence-electron chi connectivity index (χ1n) is 9.53. The topological polar surface area (TPSA) is 87.3 Å². The minimum absolute atomic E-state index is 0.156. The van der Waals surface area contributed by atoms with Crippen molar-refractivity contribution in [2.75, 3.05) is 5.32 Å². The van der Waals surface area contributed by atoms with Gasteiger partial charge < -0.3 is 5.32 Å². The lowest BCUT2D eigenvalue weighted by Crippen LogP contribution is -2.57. The van der Waals surface area contributed by atoms with E-state index in [9.17, 15) is 14.4 Å². The van der Waals surface area contributed by atoms with E-state index in [-0.39, 0.29) is 11.3 Å². The van der Waals surface area contributed by atoms with Crippen molar-refractivity contribution in [3.05, 3.63) is 28.8 Å². The maximum absolute atomic E-state index is 12.8. The van der Waals surface area contributed by atoms with Crippen LogP contribution in [0.25, 0.3) is 0 Å². The average molecular weight is 390 g/mol. The van der Waals surface area contributed by atoms with Crippen LogP contribution in [0.2, 0.25) is 5.02 Å². The van der Waals surface area contributed by atoms with Crippen LogP contribution in [0.1, 0.15) is 44.1 Å². The highest BCUT2D eigenvalue weighted by Crippen LogP contribution is 2.60. The quantitative estimate of drug-likeness (QED) is 0.536. The number of carbonyl (C=O) groups excluding carboxylic acids is 3. The van der Waals surface area contributed by atoms with Gasteiger partial charge in [-0.15, -0.1) is 0 Å². The Labute approximate surface area is 163 Å². The molecule has 1 aromatic rings. The van der Waals surface area contributed by atoms with Gasteiger partial charge in [-0.3, -0.25) is 25.2 Å². The molecular formula is C20H24ClN3O3. The third-order valence-corrected chi connectivity index (χ3v) is 6.96. The van der Waals surface area contributed by atoms with Gasteiger partial charge in [0.15, 0.2) is 0 Å². The van der Waals surface area contributed by atoms with Crippen molar-refractivity contribution in [3.8, 4) is 0 Å². The molecule has 1 aromatic carbocycles. The summed E-state index contributed by atoms with van der Waals surface area (Å²) in [4.78, 5) is 37.0. The molecule has 0 spiro atoms. The highest BCUT2D eigenvalue weighted by atomic mass is 35.5. The van der Waals surface area contributed by atoms with Crippen LogP contribution in [-0.4, -0.2) is 17.7 Å². The molecule has 7 heteroatoms. The average Bonchev–Trinajstić information content (AvgIpc) is 2.62. The molecular weight excluding hydrogens is 366 g/mol. The van der Waals surface area contributed by atoms with Crippen molar-refractivity contribution in [1.82, 2.24) is 10.9 Å². The lowest BCUT2D eigenvalue weighted by molar-refractivity contribution is -0.149. The monoisotopic (exact) mass is 389 g/mol. The fourth-order valence-electron chi connectivity index (χ4n) is 5.61. The molecule has 4 saturated carbocycles. The zero-order valence-electron chi connectivity index (χ0n) is 15.3. The van der Waals surface area contributed by atoms with Crippen LogP contribution >= 0.6 is 11.6 Å². The van der Waals surface area contributed by atoms with Gasteiger partial charge in [0.1, 0.15) is 0 Å². The standard InChI is InChI=1S/C20H24ClN3O3/c1-11-3-2-4-15(16(11)21)22-17(25)18(26)23-24-19(27)20-8-12-5-13(9-20)7-14(6-12)10-20/h2-4,12-14H,5-10H2,1H3,(H,22,25)(H,23,26)(H,24,27). The Hall–Kier alpha value is -2.08. The van der Waals surface area contributed by atoms with Crippen LogP contribution in [0.15, 0.2) is 18.2 Å². The molecule has 5 rings (SSSR count). The van der Waals surface area contributed by atoms with Crippen molar-refractivity contribution in [1.29, 1.82) is 0 Å². The van der Waals surface area contributed by atoms with Crippen molar-refractivity contribution >= 4 is 35.0 Å². The molecule has 0 aromatic heterocycles. The normalized spacial score (nSPS) is 30.7. The summed E-state index contributed by atoms with van der Waals surface area (Å²) in [6, 6.07) is 5.17. The van der Waals surface area contributed by atoms with Crippen molar-refractivity contribution in [2.24, 2.45) is 23.2 Å². The molecule has 4 bridgehead atoms. The fraction of sp³-hybridized carbons (Fsp3) is 0.550. The molecule has 6 nitrogen and oxygen atoms in total. The van der Waals surface area contributed by atoms with Gasteiger partial charge in [-0.25, -0.2) is 0 Å². The molecule has 0 radical (unpaired) electrons. The predicted octanol–water partition coefficient (Wildman–Crippen LogP) is 2.95. The molecule has 0 atom stereocenters. The first-order valence-corrected chi connectivity index (χ1v) is 9.91. The number of amides is 3. The van der Waals surface area contributed by atoms with Crippen LogP contribution in [-0.2, 0) is 14.4 Å². The van der Waals surface area contributed by atoms with Gasteiger partial charge in [0.25, 0.3) is 0 Å². The van der Waals surface area contributed by atoms with E-state index in [1.165, 1.54) is 19.3 Å². The van der Waals surface area contributed by atoms with Crippen LogP contribution in [0.3, 0.4) is 0 Å². The SMILES string of the molecule is Cc1cccc(NC(=O)C(=O)NNC(=O)C23CC4CC(CC(C4)C2)C3)c1Cl. The molecule has 144 valence electrons. The molecule has 3 amide bonds. The number of aryl methyl sites for hydroxylation is 1. The first-order chi connectivity index (χ1) is 12.9. The second-order valence-corrected chi connectivity index (χ2v) is 8.87. The van der Waals surface area contributed by atoms with Crippen LogP contribution in [0.5, 0.6) is 0 Å². The fourth-order valence-corrected chi connectivity index (χ4v) is 5.79. The summed E-state index contributed by atoms with van der Waals surface area (Å²) in [7, 11) is 0. The Bertz CT molecular complexity index is 772. The number of halogens is 1. The van der Waals surface area contributed by atoms with Crippen LogP contribution in [0.4, 0.5) is 5.69 Å². The van der Waals surface area contributed by atoms with Gasteiger partial charge in [0, 0.05) is 0 Å². The molecule has 4 aliphatic carbocycles. The number of nitrogens with one attached hydrogen (secondary N) is 3. The van der Waals surface area contributed by atoms with E-state index in [2.05, 4.69) is 16.2 Å². The number of anilines is 1. The second-order valence-electron chi connectivity index (χ2n) is 8.50. The van der Waals surface area contributed by atoms with Crippen LogP contribution in [0, 0.1) is 30.1 Å². The van der Waals surface area contributed by atoms with E-state index >= 15 is 0 Å². The third kappa shape index (κ3) is 3.43. The van der Waals surface area contributed by atoms with Crippen LogP contribution < -0.4 is 16.2 Å². The van der Waals surface area contributed by atoms with Gasteiger partial charge >= 0.3 is 11.8 Å². The maximum atomic E-state index is 12.8. The van der Waals surface area contributed by atoms with E-state index in [0.717, 1.165) is 24.8 Å². The summed E-state index contributed by atoms with van der Waals surface area (Å²) in [5, 5.41) is 2.86. The van der Waals surface area contributed by atoms with E-state index in [1.54, 1.807) is 12.1 Å². The predicted molar refractivity (Wildman–Crippen MR) is 102 cm³/mol. The number of carbonyl (C=O) groups is 3. The Kier molecular flexibility index (Phi) is 4.62. The molecule has 0 unspecified atom stereocenters. The number of benzene rings is 1. The first kappa shape index (κ1) is 18.3. The Morgan fingerprint density at radius 2 is 1.56 bits per heavy atom. The van der Waals surface area contributed by atoms with E-state index in [1.807, 2.05) is 13.0 Å². The molecule has 3 N–H and O–H groups in total. The largest absolute Gasteiger partial charge is 0.328 e. The Balaban J connectivity index is 1.34. The van der Waals surface area contributed by atoms with Gasteiger partial charge in [-0.2, -0.15) is 0 Å². The second kappa shape index (κ2) is 6.82. The van der Waals surface area contributed by atoms with E-state index in [4.69, 9.17) is 11.6 Å². The summed E-state index contributed by atoms with van der Waals surface area (Å²) >= 11 is 6.13. The van der Waals surface area contributed by atoms with Gasteiger partial charge in [0.2, 0.25) is 5.91 Å². The molecule has 0 heterocycles. The summed E-state index contributed by atoms with van der Waals surface area (Å²) in [6.07, 6.45) is 6.39. The summed E-state index contributed by atoms with van der Waals surface area (Å²) in [6.45, 7) is 1.81. The Morgan fingerprint density at radius 3 is 2.15 bits per heavy atom. The number of hydrazine groups is 1. The van der Waals surface area contributed by atoms with Crippen molar-refractivity contribution < 1.29 is 14.4 Å². The van der Waals surface area contributed by atoms with Crippen molar-refractivity contribution in [3.63, 3.8) is 0 Å². The zero-order chi connectivity index (χ0) is 19.2. The zero-order valence-corrected chi connectivity index (χ0v) is 16.1. The van der Waals surface area contributed by atoms with Gasteiger partial charge in [-0.05, 0) is 74.8 Å². The molecule has 4 fully saturated rings. The molecule has 27 heavy (non-hydrogen) atoms. The highest BCUT2D eigenvalue weighted by molar-refractivity contribution is 6.41. The third-order valence-electron chi connectivity index (χ3n) is 6.46. The lowest BCUT2D eigenvalue weighted by Gasteiger charge is -2.55. The lowest BCUT2D eigenvalue weighted by atomic mass is 9.49. The van der Waals surface area contributed by atoms with Gasteiger partial charge in [-0.1, -0.05) is 23.7 Å². The summed E-state index contributed by atoms with van der Waals surface area (Å²) in [5.74, 6) is -0.0475. The summed E-state index contributed by atoms with van der Waals surface area (Å²) < 4.78 is 0. The molecule has 0 saturated heterocycles. The highest BCUT2D eigenvalue weighted by Gasteiger charge is 2.54. The molecule has 0 aliphatic heterocycles. The Morgan fingerprint density at radius 1 is 0.963 bits per heavy atom. The minimum Gasteiger partial charge on any atom is -0.316 e. The molecule has 4 aliphatic rings. The van der Waals surface area contributed by atoms with Crippen molar-refractivity contribution in [2.45, 2.75) is 45.4 Å². The smallest absolute Gasteiger partial charge is 0.316 e. The minimum atomic E-state index is -0.911. The number of hydrogen-bond donors (Lipinski definition) is 3. The van der Waals surface area contributed by atoms with Gasteiger partial charge in [0.05, 0.1) is 16.1 Å². The number of hydrogen-bond acceptors (Lipinski definition) is 3. The summed E-state index contributed by atoms with van der Waals surface area (Å²) in [5.41, 5.74) is 5.55.